The number of nitrogens with two attached hydrogens (primary N) is 1. The van der Waals surface area contributed by atoms with Gasteiger partial charge in [0, 0.05) is 5.75 Å². The number of rotatable bonds is 3. The van der Waals surface area contributed by atoms with Gasteiger partial charge in [0.1, 0.15) is 0 Å². The largest absolute Gasteiger partial charge is 0.379 e. The minimum Gasteiger partial charge on any atom is -0.379 e. The van der Waals surface area contributed by atoms with Gasteiger partial charge in [0.15, 0.2) is 5.17 Å². The first-order valence-electron chi connectivity index (χ1n) is 6.18. The Balaban J connectivity index is 2.35. The number of hydrogen-bond acceptors (Lipinski definition) is 3. The fraction of sp³-hybridized carbons (Fsp3) is 0.429. The summed E-state index contributed by atoms with van der Waals surface area (Å²) in [5.41, 5.74) is 9.06. The van der Waals surface area contributed by atoms with Crippen LogP contribution in [0, 0.1) is 5.41 Å². The molecule has 0 fully saturated rings. The SMILES string of the molecule is CCC1(C)Cc2ccccc2C(CSC(=N)N)=N1. The van der Waals surface area contributed by atoms with Crippen LogP contribution in [0.5, 0.6) is 0 Å². The van der Waals surface area contributed by atoms with Gasteiger partial charge in [-0.2, -0.15) is 0 Å². The zero-order chi connectivity index (χ0) is 13.2. The number of fused-ring (bicyclic) bond motifs is 1. The van der Waals surface area contributed by atoms with Crippen LogP contribution >= 0.6 is 11.8 Å². The van der Waals surface area contributed by atoms with Gasteiger partial charge in [-0.05, 0) is 30.9 Å². The first kappa shape index (κ1) is 13.1. The van der Waals surface area contributed by atoms with Crippen molar-refractivity contribution in [3.05, 3.63) is 35.4 Å². The number of thioether (sulfide) groups is 1. The first-order chi connectivity index (χ1) is 8.54. The number of nitrogens with one attached hydrogen (secondary N) is 1. The highest BCUT2D eigenvalue weighted by molar-refractivity contribution is 8.14. The molecule has 1 aliphatic heterocycles. The average molecular weight is 261 g/mol. The van der Waals surface area contributed by atoms with Gasteiger partial charge in [-0.15, -0.1) is 0 Å². The molecule has 0 aliphatic carbocycles. The van der Waals surface area contributed by atoms with Gasteiger partial charge in [0.05, 0.1) is 11.3 Å². The standard InChI is InChI=1S/C14H19N3S/c1-3-14(2)8-10-6-4-5-7-11(10)12(17-14)9-18-13(15)16/h4-7H,3,8-9H2,1-2H3,(H3,15,16). The first-order valence-corrected chi connectivity index (χ1v) is 7.16. The molecule has 3 nitrogen and oxygen atoms in total. The van der Waals surface area contributed by atoms with Gasteiger partial charge >= 0.3 is 0 Å². The molecule has 1 atom stereocenters. The van der Waals surface area contributed by atoms with E-state index in [1.54, 1.807) is 0 Å². The molecular formula is C14H19N3S. The van der Waals surface area contributed by atoms with Gasteiger partial charge < -0.3 is 5.73 Å². The molecule has 0 spiro atoms. The lowest BCUT2D eigenvalue weighted by molar-refractivity contribution is 0.448. The lowest BCUT2D eigenvalue weighted by Crippen LogP contribution is -2.32. The monoisotopic (exact) mass is 261 g/mol. The van der Waals surface area contributed by atoms with Crippen molar-refractivity contribution in [1.29, 1.82) is 5.41 Å². The predicted molar refractivity (Wildman–Crippen MR) is 79.8 cm³/mol. The maximum Gasteiger partial charge on any atom is 0.151 e. The third-order valence-corrected chi connectivity index (χ3v) is 4.16. The van der Waals surface area contributed by atoms with E-state index in [4.69, 9.17) is 16.1 Å². The number of benzene rings is 1. The van der Waals surface area contributed by atoms with Crippen LogP contribution in [0.25, 0.3) is 0 Å². The van der Waals surface area contributed by atoms with E-state index in [0.717, 1.165) is 18.6 Å². The van der Waals surface area contributed by atoms with E-state index in [1.807, 2.05) is 6.07 Å². The summed E-state index contributed by atoms with van der Waals surface area (Å²) in [5.74, 6) is 0.682. The molecule has 1 aliphatic rings. The van der Waals surface area contributed by atoms with Crippen molar-refractivity contribution in [3.8, 4) is 0 Å². The molecule has 0 bridgehead atoms. The van der Waals surface area contributed by atoms with Crippen LogP contribution in [0.1, 0.15) is 31.4 Å². The van der Waals surface area contributed by atoms with Crippen molar-refractivity contribution in [1.82, 2.24) is 0 Å². The maximum absolute atomic E-state index is 7.33. The zero-order valence-corrected chi connectivity index (χ0v) is 11.7. The molecule has 0 amide bonds. The van der Waals surface area contributed by atoms with Crippen molar-refractivity contribution in [3.63, 3.8) is 0 Å². The van der Waals surface area contributed by atoms with Gasteiger partial charge in [0.25, 0.3) is 0 Å². The Labute approximate surface area is 112 Å². The molecule has 1 heterocycles. The van der Waals surface area contributed by atoms with Gasteiger partial charge in [-0.25, -0.2) is 0 Å². The Morgan fingerprint density at radius 3 is 2.89 bits per heavy atom. The van der Waals surface area contributed by atoms with Crippen LogP contribution in [-0.4, -0.2) is 22.2 Å². The fourth-order valence-corrected chi connectivity index (χ4v) is 2.76. The zero-order valence-electron chi connectivity index (χ0n) is 10.9. The van der Waals surface area contributed by atoms with Crippen LogP contribution < -0.4 is 5.73 Å². The topological polar surface area (TPSA) is 62.2 Å². The fourth-order valence-electron chi connectivity index (χ4n) is 2.25. The van der Waals surface area contributed by atoms with E-state index in [9.17, 15) is 0 Å². The highest BCUT2D eigenvalue weighted by Gasteiger charge is 2.28. The van der Waals surface area contributed by atoms with Crippen molar-refractivity contribution in [2.24, 2.45) is 10.7 Å². The Morgan fingerprint density at radius 2 is 2.22 bits per heavy atom. The summed E-state index contributed by atoms with van der Waals surface area (Å²) >= 11 is 1.34. The second-order valence-corrected chi connectivity index (χ2v) is 5.91. The Morgan fingerprint density at radius 1 is 1.50 bits per heavy atom. The summed E-state index contributed by atoms with van der Waals surface area (Å²) < 4.78 is 0. The smallest absolute Gasteiger partial charge is 0.151 e. The lowest BCUT2D eigenvalue weighted by atomic mass is 9.84. The summed E-state index contributed by atoms with van der Waals surface area (Å²) in [5, 5.41) is 7.48. The minimum absolute atomic E-state index is 0.0129. The van der Waals surface area contributed by atoms with Crippen LogP contribution in [-0.2, 0) is 6.42 Å². The van der Waals surface area contributed by atoms with Crippen molar-refractivity contribution in [2.45, 2.75) is 32.2 Å². The molecule has 0 saturated carbocycles. The van der Waals surface area contributed by atoms with E-state index in [1.165, 1.54) is 22.9 Å². The third kappa shape index (κ3) is 2.75. The van der Waals surface area contributed by atoms with Crippen LogP contribution in [0.3, 0.4) is 0 Å². The second-order valence-electron chi connectivity index (χ2n) is 4.90. The molecule has 4 heteroatoms. The Kier molecular flexibility index (Phi) is 3.76. The molecule has 2 rings (SSSR count). The van der Waals surface area contributed by atoms with E-state index < -0.39 is 0 Å². The molecule has 96 valence electrons. The van der Waals surface area contributed by atoms with Gasteiger partial charge in [0.2, 0.25) is 0 Å². The molecule has 1 unspecified atom stereocenters. The summed E-state index contributed by atoms with van der Waals surface area (Å²) in [7, 11) is 0. The summed E-state index contributed by atoms with van der Waals surface area (Å²) in [4.78, 5) is 4.89. The minimum atomic E-state index is -0.0129. The Bertz CT molecular complexity index is 496. The van der Waals surface area contributed by atoms with E-state index in [-0.39, 0.29) is 10.7 Å². The number of hydrogen-bond donors (Lipinski definition) is 2. The average Bonchev–Trinajstić information content (AvgIpc) is 2.35. The summed E-state index contributed by atoms with van der Waals surface area (Å²) in [6.07, 6.45) is 2.02. The van der Waals surface area contributed by atoms with E-state index in [0.29, 0.717) is 5.75 Å². The molecule has 1 aromatic rings. The summed E-state index contributed by atoms with van der Waals surface area (Å²) in [6.45, 7) is 4.37. The van der Waals surface area contributed by atoms with E-state index >= 15 is 0 Å². The summed E-state index contributed by atoms with van der Waals surface area (Å²) in [6, 6.07) is 8.41. The van der Waals surface area contributed by atoms with Gasteiger partial charge in [-0.3, -0.25) is 10.4 Å². The van der Waals surface area contributed by atoms with E-state index in [2.05, 4.69) is 32.0 Å². The lowest BCUT2D eigenvalue weighted by Gasteiger charge is -2.31. The highest BCUT2D eigenvalue weighted by Crippen LogP contribution is 2.30. The van der Waals surface area contributed by atoms with Crippen LogP contribution in [0.4, 0.5) is 0 Å². The normalized spacial score (nSPS) is 22.2. The van der Waals surface area contributed by atoms with Crippen molar-refractivity contribution >= 4 is 22.6 Å². The molecule has 0 aromatic heterocycles. The van der Waals surface area contributed by atoms with Crippen LogP contribution in [0.15, 0.2) is 29.3 Å². The number of nitrogens with zero attached hydrogens (tertiary/aromatic N) is 1. The molecule has 0 saturated heterocycles. The second kappa shape index (κ2) is 5.14. The molecule has 0 radical (unpaired) electrons. The van der Waals surface area contributed by atoms with Crippen LogP contribution in [0.2, 0.25) is 0 Å². The molecule has 1 aromatic carbocycles. The molecule has 3 N–H and O–H groups in total. The quantitative estimate of drug-likeness (QED) is 0.649. The predicted octanol–water partition coefficient (Wildman–Crippen LogP) is 2.83. The number of aliphatic imine (C=N–C) groups is 1. The molecular weight excluding hydrogens is 242 g/mol. The van der Waals surface area contributed by atoms with Crippen molar-refractivity contribution in [2.75, 3.05) is 5.75 Å². The molecule has 18 heavy (non-hydrogen) atoms. The number of amidine groups is 1. The van der Waals surface area contributed by atoms with Crippen molar-refractivity contribution < 1.29 is 0 Å². The van der Waals surface area contributed by atoms with Gasteiger partial charge in [-0.1, -0.05) is 43.0 Å². The Hall–Kier alpha value is -1.29. The highest BCUT2D eigenvalue weighted by atomic mass is 32.2. The maximum atomic E-state index is 7.33. The third-order valence-electron chi connectivity index (χ3n) is 3.43.